The molecular weight excluding hydrogens is 505 g/mol. The summed E-state index contributed by atoms with van der Waals surface area (Å²) in [5.74, 6) is -0.203. The van der Waals surface area contributed by atoms with E-state index in [1.807, 2.05) is 44.2 Å². The molecule has 3 aromatic rings. The van der Waals surface area contributed by atoms with Crippen LogP contribution in [0.2, 0.25) is 0 Å². The molecule has 0 spiro atoms. The van der Waals surface area contributed by atoms with Gasteiger partial charge in [0.05, 0.1) is 4.91 Å². The van der Waals surface area contributed by atoms with Crippen molar-refractivity contribution in [2.24, 2.45) is 0 Å². The molecule has 196 valence electrons. The number of nitrogens with zero attached hydrogens (tertiary/aromatic N) is 3. The Kier molecular flexibility index (Phi) is 7.37. The minimum Gasteiger partial charge on any atom is -0.489 e. The van der Waals surface area contributed by atoms with E-state index in [0.717, 1.165) is 57.7 Å². The Balaban J connectivity index is 1.29. The summed E-state index contributed by atoms with van der Waals surface area (Å²) < 4.78 is 21.0. The number of aryl methyl sites for hydroxylation is 1. The Bertz CT molecular complexity index is 1410. The fourth-order valence-corrected chi connectivity index (χ4v) is 5.58. The second-order valence-corrected chi connectivity index (χ2v) is 10.4. The molecule has 0 radical (unpaired) electrons. The number of benzene rings is 2. The van der Waals surface area contributed by atoms with Gasteiger partial charge < -0.3 is 14.2 Å². The van der Waals surface area contributed by atoms with Gasteiger partial charge >= 0.3 is 0 Å². The highest BCUT2D eigenvalue weighted by atomic mass is 32.2. The number of carbonyl (C=O) groups excluding carboxylic acids is 3. The van der Waals surface area contributed by atoms with Crippen LogP contribution < -0.4 is 4.74 Å². The predicted octanol–water partition coefficient (Wildman–Crippen LogP) is 5.47. The molecule has 0 aliphatic carbocycles. The van der Waals surface area contributed by atoms with Crippen molar-refractivity contribution >= 4 is 34.9 Å². The number of hydrogen-bond donors (Lipinski definition) is 0. The second-order valence-electron chi connectivity index (χ2n) is 9.43. The van der Waals surface area contributed by atoms with E-state index in [9.17, 15) is 18.8 Å². The summed E-state index contributed by atoms with van der Waals surface area (Å²) in [6.45, 7) is 5.42. The lowest BCUT2D eigenvalue weighted by molar-refractivity contribution is -0.135. The van der Waals surface area contributed by atoms with E-state index in [0.29, 0.717) is 30.4 Å². The Morgan fingerprint density at radius 3 is 2.39 bits per heavy atom. The van der Waals surface area contributed by atoms with E-state index in [1.54, 1.807) is 23.1 Å². The molecule has 0 unspecified atom stereocenters. The maximum Gasteiger partial charge on any atom is 0.294 e. The minimum absolute atomic E-state index is 0.186. The molecule has 0 bridgehead atoms. The number of carbonyl (C=O) groups is 3. The molecule has 1 aromatic heterocycles. The average molecular weight is 534 g/mol. The van der Waals surface area contributed by atoms with Crippen LogP contribution in [-0.2, 0) is 16.2 Å². The highest BCUT2D eigenvalue weighted by molar-refractivity contribution is 8.18. The number of thioether (sulfide) groups is 1. The monoisotopic (exact) mass is 533 g/mol. The third-order valence-electron chi connectivity index (χ3n) is 6.80. The fraction of sp³-hybridized carbons (Fsp3) is 0.276. The molecule has 2 aromatic carbocycles. The summed E-state index contributed by atoms with van der Waals surface area (Å²) in [5.41, 5.74) is 4.52. The van der Waals surface area contributed by atoms with Crippen molar-refractivity contribution in [2.75, 3.05) is 19.6 Å². The van der Waals surface area contributed by atoms with E-state index < -0.39 is 11.1 Å². The van der Waals surface area contributed by atoms with Crippen LogP contribution in [0.25, 0.3) is 11.8 Å². The number of hydrogen-bond acceptors (Lipinski definition) is 5. The largest absolute Gasteiger partial charge is 0.489 e. The zero-order valence-electron chi connectivity index (χ0n) is 21.3. The van der Waals surface area contributed by atoms with Crippen molar-refractivity contribution < 1.29 is 23.5 Å². The van der Waals surface area contributed by atoms with Gasteiger partial charge in [0.1, 0.15) is 24.7 Å². The lowest BCUT2D eigenvalue weighted by Crippen LogP contribution is -2.40. The van der Waals surface area contributed by atoms with Crippen LogP contribution >= 0.6 is 11.8 Å². The molecule has 2 aliphatic heterocycles. The molecule has 38 heavy (non-hydrogen) atoms. The molecule has 3 amide bonds. The SMILES string of the molecule is Cc1cc(/C=C2/SC(=O)N(CC(=O)N3CCCC3)C2=O)c(C)n1-c1ccc(OCc2ccc(F)cc2)cc1. The van der Waals surface area contributed by atoms with E-state index >= 15 is 0 Å². The van der Waals surface area contributed by atoms with Gasteiger partial charge in [-0.15, -0.1) is 0 Å². The molecule has 2 aliphatic rings. The number of amides is 3. The number of imide groups is 1. The van der Waals surface area contributed by atoms with Gasteiger partial charge in [0.2, 0.25) is 5.91 Å². The quantitative estimate of drug-likeness (QED) is 0.377. The highest BCUT2D eigenvalue weighted by Gasteiger charge is 2.37. The van der Waals surface area contributed by atoms with E-state index in [2.05, 4.69) is 4.57 Å². The summed E-state index contributed by atoms with van der Waals surface area (Å²) in [7, 11) is 0. The van der Waals surface area contributed by atoms with Crippen LogP contribution in [-0.4, -0.2) is 51.1 Å². The molecule has 2 saturated heterocycles. The molecule has 0 N–H and O–H groups in total. The van der Waals surface area contributed by atoms with Crippen LogP contribution in [0.4, 0.5) is 9.18 Å². The van der Waals surface area contributed by atoms with Crippen molar-refractivity contribution in [3.63, 3.8) is 0 Å². The zero-order chi connectivity index (χ0) is 26.8. The van der Waals surface area contributed by atoms with Crippen molar-refractivity contribution in [1.29, 1.82) is 0 Å². The maximum atomic E-state index is 13.1. The Morgan fingerprint density at radius 2 is 1.71 bits per heavy atom. The summed E-state index contributed by atoms with van der Waals surface area (Å²) in [5, 5.41) is -0.418. The number of ether oxygens (including phenoxy) is 1. The van der Waals surface area contributed by atoms with Crippen LogP contribution in [0.15, 0.2) is 59.5 Å². The second kappa shape index (κ2) is 10.9. The maximum absolute atomic E-state index is 13.1. The molecule has 0 atom stereocenters. The average Bonchev–Trinajstić information content (AvgIpc) is 3.60. The predicted molar refractivity (Wildman–Crippen MR) is 144 cm³/mol. The molecule has 5 rings (SSSR count). The van der Waals surface area contributed by atoms with Gasteiger partial charge in [-0.25, -0.2) is 4.39 Å². The molecular formula is C29H28FN3O4S. The van der Waals surface area contributed by atoms with Crippen molar-refractivity contribution in [2.45, 2.75) is 33.3 Å². The van der Waals surface area contributed by atoms with Crippen molar-refractivity contribution in [3.05, 3.63) is 87.8 Å². The summed E-state index contributed by atoms with van der Waals surface area (Å²) in [6.07, 6.45) is 3.63. The number of aromatic nitrogens is 1. The lowest BCUT2D eigenvalue weighted by atomic mass is 10.2. The van der Waals surface area contributed by atoms with E-state index in [1.165, 1.54) is 12.1 Å². The summed E-state index contributed by atoms with van der Waals surface area (Å²) in [6, 6.07) is 15.8. The molecule has 3 heterocycles. The highest BCUT2D eigenvalue weighted by Crippen LogP contribution is 2.34. The minimum atomic E-state index is -0.431. The van der Waals surface area contributed by atoms with Gasteiger partial charge in [-0.2, -0.15) is 0 Å². The number of halogens is 1. The lowest BCUT2D eigenvalue weighted by Gasteiger charge is -2.18. The van der Waals surface area contributed by atoms with E-state index in [4.69, 9.17) is 4.74 Å². The Morgan fingerprint density at radius 1 is 1.03 bits per heavy atom. The first kappa shape index (κ1) is 25.8. The first-order valence-electron chi connectivity index (χ1n) is 12.5. The van der Waals surface area contributed by atoms with Gasteiger partial charge in [-0.3, -0.25) is 19.3 Å². The number of rotatable bonds is 7. The van der Waals surface area contributed by atoms with Gasteiger partial charge in [-0.05, 0) is 98.1 Å². The van der Waals surface area contributed by atoms with Gasteiger partial charge in [0, 0.05) is 30.2 Å². The zero-order valence-corrected chi connectivity index (χ0v) is 22.1. The molecule has 0 saturated carbocycles. The van der Waals surface area contributed by atoms with Crippen molar-refractivity contribution in [1.82, 2.24) is 14.4 Å². The topological polar surface area (TPSA) is 71.9 Å². The van der Waals surface area contributed by atoms with Crippen LogP contribution in [0, 0.1) is 19.7 Å². The first-order chi connectivity index (χ1) is 18.3. The van der Waals surface area contributed by atoms with Crippen molar-refractivity contribution in [3.8, 4) is 11.4 Å². The summed E-state index contributed by atoms with van der Waals surface area (Å²) in [4.78, 5) is 41.1. The van der Waals surface area contributed by atoms with Gasteiger partial charge in [-0.1, -0.05) is 12.1 Å². The fourth-order valence-electron chi connectivity index (χ4n) is 4.75. The normalized spacial score (nSPS) is 16.7. The summed E-state index contributed by atoms with van der Waals surface area (Å²) >= 11 is 0.868. The number of likely N-dealkylation sites (tertiary alicyclic amines) is 1. The molecule has 2 fully saturated rings. The third kappa shape index (κ3) is 5.38. The third-order valence-corrected chi connectivity index (χ3v) is 7.70. The standard InChI is InChI=1S/C29H28FN3O4S/c1-19-15-22(16-26-28(35)32(29(36)38-26)17-27(34)31-13-3-4-14-31)20(2)33(19)24-9-11-25(12-10-24)37-18-21-5-7-23(30)8-6-21/h5-12,15-16H,3-4,13-14,17-18H2,1-2H3/b26-16+. The Hall–Kier alpha value is -3.85. The van der Waals surface area contributed by atoms with Crippen LogP contribution in [0.3, 0.4) is 0 Å². The Labute approximate surface area is 224 Å². The van der Waals surface area contributed by atoms with Crippen LogP contribution in [0.5, 0.6) is 5.75 Å². The molecule has 9 heteroatoms. The van der Waals surface area contributed by atoms with Crippen LogP contribution in [0.1, 0.15) is 35.4 Å². The first-order valence-corrected chi connectivity index (χ1v) is 13.3. The smallest absolute Gasteiger partial charge is 0.294 e. The van der Waals surface area contributed by atoms with Gasteiger partial charge in [0.25, 0.3) is 11.1 Å². The van der Waals surface area contributed by atoms with Gasteiger partial charge in [0.15, 0.2) is 0 Å². The van der Waals surface area contributed by atoms with E-state index in [-0.39, 0.29) is 18.3 Å². The molecule has 7 nitrogen and oxygen atoms in total.